The van der Waals surface area contributed by atoms with Crippen LogP contribution < -0.4 is 15.5 Å². The van der Waals surface area contributed by atoms with Crippen LogP contribution in [0.25, 0.3) is 5.69 Å². The lowest BCUT2D eigenvalue weighted by Crippen LogP contribution is -2.55. The van der Waals surface area contributed by atoms with Crippen molar-refractivity contribution in [1.82, 2.24) is 20.4 Å². The molecule has 0 saturated heterocycles. The molecule has 46 heavy (non-hydrogen) atoms. The van der Waals surface area contributed by atoms with Crippen molar-refractivity contribution < 1.29 is 36.3 Å². The minimum absolute atomic E-state index is 0.0742. The van der Waals surface area contributed by atoms with Crippen LogP contribution in [0.2, 0.25) is 0 Å². The van der Waals surface area contributed by atoms with Crippen molar-refractivity contribution in [3.63, 3.8) is 0 Å². The molecule has 0 saturated carbocycles. The largest absolute Gasteiger partial charge is 0.416 e. The molecule has 3 amide bonds. The summed E-state index contributed by atoms with van der Waals surface area (Å²) < 4.78 is 69.6. The van der Waals surface area contributed by atoms with Crippen LogP contribution in [0.3, 0.4) is 0 Å². The quantitative estimate of drug-likeness (QED) is 0.178. The van der Waals surface area contributed by atoms with Crippen LogP contribution in [0.1, 0.15) is 58.5 Å². The van der Waals surface area contributed by atoms with E-state index in [1.54, 1.807) is 37.3 Å². The smallest absolute Gasteiger partial charge is 0.344 e. The Labute approximate surface area is 265 Å². The molecule has 4 aromatic rings. The third-order valence-electron chi connectivity index (χ3n) is 7.61. The van der Waals surface area contributed by atoms with Crippen LogP contribution in [0, 0.1) is 5.82 Å². The maximum atomic E-state index is 14.3. The number of carbonyl (C=O) groups excluding carboxylic acids is 3. The van der Waals surface area contributed by atoms with Gasteiger partial charge in [0.2, 0.25) is 0 Å². The third kappa shape index (κ3) is 6.32. The highest BCUT2D eigenvalue weighted by molar-refractivity contribution is 6.29. The highest BCUT2D eigenvalue weighted by Crippen LogP contribution is 2.45. The van der Waals surface area contributed by atoms with E-state index in [-0.39, 0.29) is 23.6 Å². The number of para-hydroxylation sites is 1. The summed E-state index contributed by atoms with van der Waals surface area (Å²) in [6.45, 7) is 3.28. The van der Waals surface area contributed by atoms with Crippen LogP contribution >= 0.6 is 11.6 Å². The summed E-state index contributed by atoms with van der Waals surface area (Å²) in [5.41, 5.74) is -2.35. The van der Waals surface area contributed by atoms with Gasteiger partial charge in [0.15, 0.2) is 0 Å². The number of amides is 3. The summed E-state index contributed by atoms with van der Waals surface area (Å²) in [4.78, 5) is 41.4. The van der Waals surface area contributed by atoms with Crippen molar-refractivity contribution in [2.75, 3.05) is 11.4 Å². The summed E-state index contributed by atoms with van der Waals surface area (Å²) in [7, 11) is 0. The molecular weight excluding hydrogens is 633 g/mol. The average molecular weight is 660 g/mol. The monoisotopic (exact) mass is 659 g/mol. The van der Waals surface area contributed by atoms with Crippen molar-refractivity contribution in [3.8, 4) is 5.69 Å². The maximum absolute atomic E-state index is 14.3. The van der Waals surface area contributed by atoms with Gasteiger partial charge in [0.25, 0.3) is 23.4 Å². The van der Waals surface area contributed by atoms with Gasteiger partial charge in [0.1, 0.15) is 17.7 Å². The molecule has 1 aliphatic rings. The van der Waals surface area contributed by atoms with Crippen LogP contribution in [0.15, 0.2) is 78.9 Å². The van der Waals surface area contributed by atoms with E-state index in [4.69, 9.17) is 16.7 Å². The number of hydrogen-bond acceptors (Lipinski definition) is 4. The molecule has 0 aliphatic carbocycles. The van der Waals surface area contributed by atoms with Crippen molar-refractivity contribution >= 4 is 35.1 Å². The fraction of sp³-hybridized carbons (Fsp3) is 0.250. The summed E-state index contributed by atoms with van der Waals surface area (Å²) in [5, 5.41) is 9.81. The van der Waals surface area contributed by atoms with Gasteiger partial charge in [-0.2, -0.15) is 18.3 Å². The van der Waals surface area contributed by atoms with Gasteiger partial charge in [0, 0.05) is 23.6 Å². The van der Waals surface area contributed by atoms with E-state index in [1.807, 2.05) is 0 Å². The number of aromatic nitrogens is 2. The van der Waals surface area contributed by atoms with Crippen LogP contribution in [-0.2, 0) is 15.8 Å². The molecule has 0 fully saturated rings. The van der Waals surface area contributed by atoms with Crippen molar-refractivity contribution in [3.05, 3.63) is 113 Å². The summed E-state index contributed by atoms with van der Waals surface area (Å²) >= 11 is 5.38. The Morgan fingerprint density at radius 2 is 1.70 bits per heavy atom. The van der Waals surface area contributed by atoms with Crippen molar-refractivity contribution in [2.45, 2.75) is 43.7 Å². The molecule has 8 nitrogen and oxygen atoms in total. The molecule has 0 unspecified atom stereocenters. The Kier molecular flexibility index (Phi) is 9.15. The van der Waals surface area contributed by atoms with Gasteiger partial charge >= 0.3 is 6.18 Å². The van der Waals surface area contributed by atoms with Gasteiger partial charge < -0.3 is 10.6 Å². The zero-order valence-electron chi connectivity index (χ0n) is 24.4. The number of halogens is 6. The maximum Gasteiger partial charge on any atom is 0.416 e. The van der Waals surface area contributed by atoms with Crippen LogP contribution in [-0.4, -0.2) is 45.7 Å². The van der Waals surface area contributed by atoms with E-state index in [9.17, 15) is 36.3 Å². The van der Waals surface area contributed by atoms with Crippen molar-refractivity contribution in [2.24, 2.45) is 0 Å². The van der Waals surface area contributed by atoms with E-state index >= 15 is 0 Å². The summed E-state index contributed by atoms with van der Waals surface area (Å²) in [6.07, 6.45) is -4.72. The predicted octanol–water partition coefficient (Wildman–Crippen LogP) is 6.04. The number of benzene rings is 3. The van der Waals surface area contributed by atoms with E-state index in [2.05, 4.69) is 10.6 Å². The molecule has 2 N–H and O–H groups in total. The zero-order chi connectivity index (χ0) is 33.3. The highest BCUT2D eigenvalue weighted by Gasteiger charge is 2.47. The van der Waals surface area contributed by atoms with Gasteiger partial charge in [-0.25, -0.2) is 13.5 Å². The zero-order valence-corrected chi connectivity index (χ0v) is 25.1. The van der Waals surface area contributed by atoms with Crippen LogP contribution in [0.5, 0.6) is 0 Å². The molecule has 0 spiro atoms. The van der Waals surface area contributed by atoms with E-state index in [0.717, 1.165) is 24.3 Å². The van der Waals surface area contributed by atoms with E-state index in [1.165, 1.54) is 34.7 Å². The van der Waals surface area contributed by atoms with Crippen molar-refractivity contribution in [1.29, 1.82) is 0 Å². The summed E-state index contributed by atoms with van der Waals surface area (Å²) in [5.74, 6) is -4.10. The number of hydrogen-bond donors (Lipinski definition) is 2. The summed E-state index contributed by atoms with van der Waals surface area (Å²) in [6, 6.07) is 15.2. The number of anilines is 1. The minimum atomic E-state index is -4.72. The number of carbonyl (C=O) groups is 3. The first kappa shape index (κ1) is 32.6. The van der Waals surface area contributed by atoms with E-state index < -0.39 is 58.9 Å². The SMILES string of the molecule is CCN1C(=O)[C@@H](NC(=O)c2cccc(C(F)(F)F)c2)[C@@H](c2ccc(F)cc2)c2c([C@@H](C)NC(=O)[C@H](F)Cl)nn(-c3ccccc3)c21. The highest BCUT2D eigenvalue weighted by atomic mass is 35.5. The third-order valence-corrected chi connectivity index (χ3v) is 7.81. The molecule has 0 bridgehead atoms. The topological polar surface area (TPSA) is 96.3 Å². The van der Waals surface area contributed by atoms with E-state index in [0.29, 0.717) is 22.9 Å². The lowest BCUT2D eigenvalue weighted by atomic mass is 9.80. The number of rotatable bonds is 8. The molecule has 4 atom stereocenters. The lowest BCUT2D eigenvalue weighted by Gasteiger charge is -2.39. The fourth-order valence-electron chi connectivity index (χ4n) is 5.53. The minimum Gasteiger partial charge on any atom is -0.344 e. The molecule has 3 aromatic carbocycles. The first-order valence-corrected chi connectivity index (χ1v) is 14.6. The lowest BCUT2D eigenvalue weighted by molar-refractivity contribution is -0.137. The Morgan fingerprint density at radius 3 is 2.30 bits per heavy atom. The molecule has 1 aliphatic heterocycles. The predicted molar refractivity (Wildman–Crippen MR) is 160 cm³/mol. The molecule has 5 rings (SSSR count). The molecule has 1 aromatic heterocycles. The first-order valence-electron chi connectivity index (χ1n) is 14.1. The van der Waals surface area contributed by atoms with Crippen LogP contribution in [0.4, 0.5) is 27.8 Å². The molecule has 2 heterocycles. The number of nitrogens with one attached hydrogen (secondary N) is 2. The second-order valence-electron chi connectivity index (χ2n) is 10.5. The number of likely N-dealkylation sites (N-methyl/N-ethyl adjacent to an activating group) is 1. The Bertz CT molecular complexity index is 1760. The first-order chi connectivity index (χ1) is 21.8. The Balaban J connectivity index is 1.73. The Morgan fingerprint density at radius 1 is 1.02 bits per heavy atom. The van der Waals surface area contributed by atoms with Gasteiger partial charge in [-0.05, 0) is 61.9 Å². The normalized spacial score (nSPS) is 17.7. The molecular formula is C32H27ClF5N5O3. The molecule has 0 radical (unpaired) electrons. The van der Waals surface area contributed by atoms with Gasteiger partial charge in [-0.1, -0.05) is 48.0 Å². The second kappa shape index (κ2) is 12.9. The van der Waals surface area contributed by atoms with Gasteiger partial charge in [-0.3, -0.25) is 19.3 Å². The Hall–Kier alpha value is -4.78. The standard InChI is InChI=1S/C32H27ClF5N5O3/c1-3-42-30-24(25(17(2)39-29(45)27(33)35)41-43(30)22-10-5-4-6-11-22)23(18-12-14-21(34)15-13-18)26(31(42)46)40-28(44)19-8-7-9-20(16-19)32(36,37)38/h4-17,23,26-27H,3H2,1-2H3,(H,39,45)(H,40,44)/t17-,23+,26+,27+/m1/s1. The number of alkyl halides is 5. The average Bonchev–Trinajstić information content (AvgIpc) is 3.42. The second-order valence-corrected chi connectivity index (χ2v) is 10.9. The van der Waals surface area contributed by atoms with Gasteiger partial charge in [0.05, 0.1) is 23.0 Å². The molecule has 14 heteroatoms. The number of nitrogens with zero attached hydrogens (tertiary/aromatic N) is 3. The fourth-order valence-corrected chi connectivity index (χ4v) is 5.60. The van der Waals surface area contributed by atoms with Gasteiger partial charge in [-0.15, -0.1) is 0 Å². The molecule has 240 valence electrons. The number of fused-ring (bicyclic) bond motifs is 1.